The van der Waals surface area contributed by atoms with Gasteiger partial charge in [-0.15, -0.1) is 0 Å². The van der Waals surface area contributed by atoms with Gasteiger partial charge in [0, 0.05) is 58.6 Å². The number of aryl methyl sites for hydroxylation is 1. The van der Waals surface area contributed by atoms with E-state index in [0.717, 1.165) is 36.9 Å². The molecule has 2 fully saturated rings. The van der Waals surface area contributed by atoms with Crippen molar-refractivity contribution >= 4 is 41.3 Å². The molecule has 1 atom stereocenters. The summed E-state index contributed by atoms with van der Waals surface area (Å²) in [4.78, 5) is 45.2. The second-order valence-electron chi connectivity index (χ2n) is 11.2. The number of urea groups is 1. The largest absolute Gasteiger partial charge is 0.508 e. The monoisotopic (exact) mass is 621 g/mol. The van der Waals surface area contributed by atoms with E-state index in [1.807, 2.05) is 17.8 Å². The minimum Gasteiger partial charge on any atom is -0.435 e. The summed E-state index contributed by atoms with van der Waals surface area (Å²) in [5.41, 5.74) is 0.982. The van der Waals surface area contributed by atoms with Gasteiger partial charge < -0.3 is 29.6 Å². The van der Waals surface area contributed by atoms with E-state index in [9.17, 15) is 14.4 Å². The second kappa shape index (κ2) is 15.0. The quantitative estimate of drug-likeness (QED) is 0.348. The number of hydrogen-bond acceptors (Lipinski definition) is 6. The number of amides is 3. The summed E-state index contributed by atoms with van der Waals surface area (Å²) in [6.45, 7) is 3.20. The molecule has 230 valence electrons. The fourth-order valence-electron chi connectivity index (χ4n) is 6.07. The molecule has 2 aliphatic rings. The van der Waals surface area contributed by atoms with Gasteiger partial charge in [-0.1, -0.05) is 48.5 Å². The molecule has 0 radical (unpaired) electrons. The zero-order chi connectivity index (χ0) is 30.1. The SMILES string of the molecule is CCOC(=O)OC1(C2CCCCC2)CCN(C(=O)[C@@H](Cc2ccc(Cl)c(Cl)c2)NC(=O)NCCc2cn(C)cn2)CC1. The van der Waals surface area contributed by atoms with Crippen molar-refractivity contribution in [2.24, 2.45) is 13.0 Å². The van der Waals surface area contributed by atoms with E-state index in [2.05, 4.69) is 15.6 Å². The Kier molecular flexibility index (Phi) is 11.4. The maximum Gasteiger partial charge on any atom is 0.508 e. The highest BCUT2D eigenvalue weighted by molar-refractivity contribution is 6.42. The number of carbonyl (C=O) groups is 3. The van der Waals surface area contributed by atoms with Crippen molar-refractivity contribution in [1.82, 2.24) is 25.1 Å². The van der Waals surface area contributed by atoms with Crippen LogP contribution in [0.25, 0.3) is 0 Å². The molecular formula is C30H41Cl2N5O5. The number of imidazole rings is 1. The van der Waals surface area contributed by atoms with Gasteiger partial charge in [-0.2, -0.15) is 0 Å². The van der Waals surface area contributed by atoms with E-state index >= 15 is 0 Å². The Morgan fingerprint density at radius 1 is 1.12 bits per heavy atom. The molecule has 1 aliphatic carbocycles. The fourth-order valence-corrected chi connectivity index (χ4v) is 6.39. The van der Waals surface area contributed by atoms with Crippen LogP contribution in [-0.2, 0) is 34.2 Å². The molecule has 2 heterocycles. The van der Waals surface area contributed by atoms with E-state index < -0.39 is 23.8 Å². The van der Waals surface area contributed by atoms with Crippen LogP contribution in [-0.4, -0.2) is 70.4 Å². The number of likely N-dealkylation sites (tertiary alicyclic amines) is 1. The number of halogens is 2. The molecule has 12 heteroatoms. The van der Waals surface area contributed by atoms with Crippen LogP contribution >= 0.6 is 23.2 Å². The fraction of sp³-hybridized carbons (Fsp3) is 0.600. The number of benzene rings is 1. The maximum atomic E-state index is 13.9. The molecule has 1 aliphatic heterocycles. The zero-order valence-electron chi connectivity index (χ0n) is 24.4. The number of ether oxygens (including phenoxy) is 2. The number of nitrogens with zero attached hydrogens (tertiary/aromatic N) is 3. The first kappa shape index (κ1) is 31.9. The van der Waals surface area contributed by atoms with E-state index in [1.165, 1.54) is 6.42 Å². The summed E-state index contributed by atoms with van der Waals surface area (Å²) in [7, 11) is 1.89. The summed E-state index contributed by atoms with van der Waals surface area (Å²) in [6, 6.07) is 3.92. The highest BCUT2D eigenvalue weighted by Gasteiger charge is 2.46. The van der Waals surface area contributed by atoms with Gasteiger partial charge in [-0.3, -0.25) is 4.79 Å². The van der Waals surface area contributed by atoms with Gasteiger partial charge in [0.15, 0.2) is 0 Å². The van der Waals surface area contributed by atoms with Crippen molar-refractivity contribution in [3.8, 4) is 0 Å². The molecule has 3 amide bonds. The molecule has 1 saturated carbocycles. The summed E-state index contributed by atoms with van der Waals surface area (Å²) in [5, 5.41) is 6.51. The standard InChI is InChI=1S/C30H41Cl2N5O5/c1-3-41-29(40)42-30(22-7-5-4-6-8-22)12-15-37(16-13-30)27(38)26(18-21-9-10-24(31)25(32)17-21)35-28(39)33-14-11-23-19-36(2)20-34-23/h9-10,17,19-20,22,26H,3-8,11-16,18H2,1-2H3,(H2,33,35,39)/t26-/m1/s1. The molecule has 0 spiro atoms. The Morgan fingerprint density at radius 2 is 1.86 bits per heavy atom. The molecule has 2 aromatic rings. The Bertz CT molecular complexity index is 1220. The molecule has 4 rings (SSSR count). The minimum absolute atomic E-state index is 0.200. The predicted octanol–water partition coefficient (Wildman–Crippen LogP) is 5.29. The summed E-state index contributed by atoms with van der Waals surface area (Å²) in [6.07, 6.45) is 10.2. The van der Waals surface area contributed by atoms with Gasteiger partial charge in [-0.05, 0) is 43.4 Å². The molecule has 10 nitrogen and oxygen atoms in total. The van der Waals surface area contributed by atoms with Crippen molar-refractivity contribution in [2.45, 2.75) is 76.4 Å². The average Bonchev–Trinajstić information content (AvgIpc) is 3.40. The maximum absolute atomic E-state index is 13.9. The number of carbonyl (C=O) groups excluding carboxylic acids is 3. The third-order valence-corrected chi connectivity index (χ3v) is 9.01. The second-order valence-corrected chi connectivity index (χ2v) is 12.0. The first-order chi connectivity index (χ1) is 20.2. The smallest absolute Gasteiger partial charge is 0.435 e. The average molecular weight is 623 g/mol. The molecule has 1 saturated heterocycles. The van der Waals surface area contributed by atoms with Crippen LogP contribution in [0.2, 0.25) is 10.0 Å². The van der Waals surface area contributed by atoms with Crippen LogP contribution in [0.15, 0.2) is 30.7 Å². The van der Waals surface area contributed by atoms with Crippen molar-refractivity contribution in [3.63, 3.8) is 0 Å². The van der Waals surface area contributed by atoms with Crippen LogP contribution in [0.3, 0.4) is 0 Å². The van der Waals surface area contributed by atoms with Gasteiger partial charge >= 0.3 is 12.2 Å². The number of piperidine rings is 1. The van der Waals surface area contributed by atoms with Crippen LogP contribution < -0.4 is 10.6 Å². The Labute approximate surface area is 257 Å². The first-order valence-electron chi connectivity index (χ1n) is 14.8. The Hall–Kier alpha value is -2.98. The van der Waals surface area contributed by atoms with E-state index in [-0.39, 0.29) is 24.9 Å². The third-order valence-electron chi connectivity index (χ3n) is 8.27. The lowest BCUT2D eigenvalue weighted by atomic mass is 9.72. The third kappa shape index (κ3) is 8.53. The molecule has 0 bridgehead atoms. The van der Waals surface area contributed by atoms with E-state index in [4.69, 9.17) is 32.7 Å². The van der Waals surface area contributed by atoms with Crippen molar-refractivity contribution in [3.05, 3.63) is 52.0 Å². The van der Waals surface area contributed by atoms with Crippen LogP contribution in [0.1, 0.15) is 63.1 Å². The Morgan fingerprint density at radius 3 is 2.50 bits per heavy atom. The number of rotatable bonds is 10. The van der Waals surface area contributed by atoms with Crippen molar-refractivity contribution < 1.29 is 23.9 Å². The Balaban J connectivity index is 1.43. The molecule has 1 aromatic heterocycles. The van der Waals surface area contributed by atoms with E-state index in [0.29, 0.717) is 48.9 Å². The normalized spacial score (nSPS) is 17.8. The highest BCUT2D eigenvalue weighted by atomic mass is 35.5. The lowest BCUT2D eigenvalue weighted by molar-refractivity contribution is -0.143. The summed E-state index contributed by atoms with van der Waals surface area (Å²) < 4.78 is 13.0. The van der Waals surface area contributed by atoms with Crippen LogP contribution in [0.5, 0.6) is 0 Å². The lowest BCUT2D eigenvalue weighted by Gasteiger charge is -2.47. The first-order valence-corrected chi connectivity index (χ1v) is 15.5. The van der Waals surface area contributed by atoms with Crippen molar-refractivity contribution in [2.75, 3.05) is 26.2 Å². The number of hydrogen-bond donors (Lipinski definition) is 2. The molecule has 2 N–H and O–H groups in total. The molecular weight excluding hydrogens is 581 g/mol. The van der Waals surface area contributed by atoms with Gasteiger partial charge in [0.2, 0.25) is 5.91 Å². The minimum atomic E-state index is -0.828. The van der Waals surface area contributed by atoms with Crippen LogP contribution in [0.4, 0.5) is 9.59 Å². The van der Waals surface area contributed by atoms with Gasteiger partial charge in [-0.25, -0.2) is 14.6 Å². The predicted molar refractivity (Wildman–Crippen MR) is 161 cm³/mol. The van der Waals surface area contributed by atoms with Crippen molar-refractivity contribution in [1.29, 1.82) is 0 Å². The van der Waals surface area contributed by atoms with Crippen LogP contribution in [0, 0.1) is 5.92 Å². The highest BCUT2D eigenvalue weighted by Crippen LogP contribution is 2.42. The van der Waals surface area contributed by atoms with Gasteiger partial charge in [0.1, 0.15) is 11.6 Å². The molecule has 0 unspecified atom stereocenters. The summed E-state index contributed by atoms with van der Waals surface area (Å²) >= 11 is 12.3. The van der Waals surface area contributed by atoms with Gasteiger partial charge in [0.05, 0.1) is 28.7 Å². The van der Waals surface area contributed by atoms with Gasteiger partial charge in [0.25, 0.3) is 0 Å². The van der Waals surface area contributed by atoms with E-state index in [1.54, 1.807) is 36.4 Å². The lowest BCUT2D eigenvalue weighted by Crippen LogP contribution is -2.58. The number of aromatic nitrogens is 2. The summed E-state index contributed by atoms with van der Waals surface area (Å²) in [5.74, 6) is 0.0391. The molecule has 1 aromatic carbocycles. The molecule has 42 heavy (non-hydrogen) atoms. The number of nitrogens with one attached hydrogen (secondary N) is 2. The topological polar surface area (TPSA) is 115 Å². The zero-order valence-corrected chi connectivity index (χ0v) is 25.9.